The van der Waals surface area contributed by atoms with Crippen molar-refractivity contribution >= 4 is 17.0 Å². The van der Waals surface area contributed by atoms with Crippen molar-refractivity contribution in [2.45, 2.75) is 33.9 Å². The molecule has 29 heavy (non-hydrogen) atoms. The number of hydrogen-bond donors (Lipinski definition) is 0. The van der Waals surface area contributed by atoms with Gasteiger partial charge in [-0.2, -0.15) is 0 Å². The van der Waals surface area contributed by atoms with Crippen molar-refractivity contribution in [3.63, 3.8) is 0 Å². The molecule has 0 fully saturated rings. The number of aryl methyl sites for hydroxylation is 3. The van der Waals surface area contributed by atoms with Crippen molar-refractivity contribution in [2.75, 3.05) is 0 Å². The lowest BCUT2D eigenvalue weighted by atomic mass is 10.1. The largest absolute Gasteiger partial charge is 0.439 e. The van der Waals surface area contributed by atoms with Gasteiger partial charge in [0.05, 0.1) is 6.54 Å². The van der Waals surface area contributed by atoms with E-state index in [0.29, 0.717) is 24.5 Å². The fraction of sp³-hybridized carbons (Fsp3) is 0.200. The average Bonchev–Trinajstić information content (AvgIpc) is 3.10. The van der Waals surface area contributed by atoms with Crippen LogP contribution in [0.2, 0.25) is 0 Å². The lowest BCUT2D eigenvalue weighted by molar-refractivity contribution is 0.0715. The molecular weight excluding hydrogens is 360 g/mol. The molecule has 4 rings (SSSR count). The van der Waals surface area contributed by atoms with Crippen LogP contribution in [0.5, 0.6) is 0 Å². The second-order valence-electron chi connectivity index (χ2n) is 7.60. The summed E-state index contributed by atoms with van der Waals surface area (Å²) in [6, 6.07) is 21.8. The number of carbonyl (C=O) groups excluding carboxylic acids is 1. The van der Waals surface area contributed by atoms with Crippen LogP contribution in [0.3, 0.4) is 0 Å². The van der Waals surface area contributed by atoms with Gasteiger partial charge in [-0.1, -0.05) is 53.6 Å². The lowest BCUT2D eigenvalue weighted by Gasteiger charge is -2.22. The van der Waals surface area contributed by atoms with E-state index in [4.69, 9.17) is 4.42 Å². The zero-order valence-electron chi connectivity index (χ0n) is 17.0. The molecule has 0 aliphatic rings. The molecule has 4 nitrogen and oxygen atoms in total. The summed E-state index contributed by atoms with van der Waals surface area (Å²) in [6.45, 7) is 6.88. The van der Waals surface area contributed by atoms with E-state index in [0.717, 1.165) is 27.8 Å². The zero-order valence-corrected chi connectivity index (χ0v) is 17.0. The molecule has 0 saturated heterocycles. The van der Waals surface area contributed by atoms with Crippen LogP contribution < -0.4 is 0 Å². The van der Waals surface area contributed by atoms with E-state index in [2.05, 4.69) is 36.2 Å². The number of rotatable bonds is 5. The van der Waals surface area contributed by atoms with Gasteiger partial charge in [-0.25, -0.2) is 4.98 Å². The SMILES string of the molecule is Cc1ccc(CN(Cc2nc3cc(C)ccc3o2)C(=O)c2cccc(C)c2)cc1. The molecule has 0 aliphatic carbocycles. The quantitative estimate of drug-likeness (QED) is 0.450. The molecule has 0 atom stereocenters. The Morgan fingerprint density at radius 2 is 1.59 bits per heavy atom. The van der Waals surface area contributed by atoms with Gasteiger partial charge in [-0.15, -0.1) is 0 Å². The summed E-state index contributed by atoms with van der Waals surface area (Å²) in [4.78, 5) is 19.7. The van der Waals surface area contributed by atoms with Gasteiger partial charge in [-0.3, -0.25) is 4.79 Å². The minimum Gasteiger partial charge on any atom is -0.439 e. The maximum Gasteiger partial charge on any atom is 0.254 e. The molecule has 4 aromatic rings. The predicted molar refractivity (Wildman–Crippen MR) is 115 cm³/mol. The highest BCUT2D eigenvalue weighted by molar-refractivity contribution is 5.94. The fourth-order valence-electron chi connectivity index (χ4n) is 3.39. The minimum atomic E-state index is -0.0345. The van der Waals surface area contributed by atoms with Gasteiger partial charge in [-0.05, 0) is 56.2 Å². The van der Waals surface area contributed by atoms with Crippen LogP contribution >= 0.6 is 0 Å². The number of fused-ring (bicyclic) bond motifs is 1. The fourth-order valence-corrected chi connectivity index (χ4v) is 3.39. The van der Waals surface area contributed by atoms with Crippen LogP contribution in [0.25, 0.3) is 11.1 Å². The number of aromatic nitrogens is 1. The van der Waals surface area contributed by atoms with Crippen molar-refractivity contribution in [2.24, 2.45) is 0 Å². The molecular formula is C25H24N2O2. The Kier molecular flexibility index (Phi) is 5.17. The minimum absolute atomic E-state index is 0.0345. The Hall–Kier alpha value is -3.40. The molecule has 0 N–H and O–H groups in total. The van der Waals surface area contributed by atoms with Gasteiger partial charge < -0.3 is 9.32 Å². The van der Waals surface area contributed by atoms with Crippen molar-refractivity contribution in [1.82, 2.24) is 9.88 Å². The maximum absolute atomic E-state index is 13.3. The number of oxazole rings is 1. The molecule has 3 aromatic carbocycles. The van der Waals surface area contributed by atoms with Crippen LogP contribution in [-0.2, 0) is 13.1 Å². The first kappa shape index (κ1) is 18.9. The molecule has 0 aliphatic heterocycles. The number of hydrogen-bond acceptors (Lipinski definition) is 3. The van der Waals surface area contributed by atoms with Crippen LogP contribution in [0.4, 0.5) is 0 Å². The van der Waals surface area contributed by atoms with E-state index in [9.17, 15) is 4.79 Å². The second kappa shape index (κ2) is 7.92. The molecule has 0 radical (unpaired) electrons. The Morgan fingerprint density at radius 3 is 2.34 bits per heavy atom. The zero-order chi connectivity index (χ0) is 20.4. The second-order valence-corrected chi connectivity index (χ2v) is 7.60. The molecule has 146 valence electrons. The highest BCUT2D eigenvalue weighted by Gasteiger charge is 2.19. The van der Waals surface area contributed by atoms with E-state index < -0.39 is 0 Å². The summed E-state index contributed by atoms with van der Waals surface area (Å²) in [5, 5.41) is 0. The van der Waals surface area contributed by atoms with Gasteiger partial charge in [0.15, 0.2) is 5.58 Å². The normalized spacial score (nSPS) is 11.0. The van der Waals surface area contributed by atoms with Gasteiger partial charge in [0.2, 0.25) is 5.89 Å². The molecule has 1 aromatic heterocycles. The van der Waals surface area contributed by atoms with Gasteiger partial charge >= 0.3 is 0 Å². The van der Waals surface area contributed by atoms with Gasteiger partial charge in [0.1, 0.15) is 5.52 Å². The molecule has 1 heterocycles. The van der Waals surface area contributed by atoms with Crippen molar-refractivity contribution in [3.8, 4) is 0 Å². The first-order valence-electron chi connectivity index (χ1n) is 9.75. The van der Waals surface area contributed by atoms with Gasteiger partial charge in [0, 0.05) is 12.1 Å². The number of benzene rings is 3. The Labute approximate surface area is 170 Å². The number of amides is 1. The van der Waals surface area contributed by atoms with Gasteiger partial charge in [0.25, 0.3) is 5.91 Å². The first-order chi connectivity index (χ1) is 14.0. The van der Waals surface area contributed by atoms with E-state index in [-0.39, 0.29) is 5.91 Å². The lowest BCUT2D eigenvalue weighted by Crippen LogP contribution is -2.30. The molecule has 0 unspecified atom stereocenters. The molecule has 0 spiro atoms. The van der Waals surface area contributed by atoms with Crippen molar-refractivity contribution in [3.05, 3.63) is 100 Å². The van der Waals surface area contributed by atoms with Crippen molar-refractivity contribution in [1.29, 1.82) is 0 Å². The summed E-state index contributed by atoms with van der Waals surface area (Å²) in [7, 11) is 0. The topological polar surface area (TPSA) is 46.3 Å². The third-order valence-electron chi connectivity index (χ3n) is 4.96. The summed E-state index contributed by atoms with van der Waals surface area (Å²) in [6.07, 6.45) is 0. The summed E-state index contributed by atoms with van der Waals surface area (Å²) < 4.78 is 5.92. The molecule has 4 heteroatoms. The van der Waals surface area contributed by atoms with E-state index in [1.54, 1.807) is 4.90 Å². The standard InChI is InChI=1S/C25H24N2O2/c1-17-7-10-20(11-8-17)15-27(25(28)21-6-4-5-18(2)13-21)16-24-26-22-14-19(3)9-12-23(22)29-24/h4-14H,15-16H2,1-3H3. The number of carbonyl (C=O) groups is 1. The molecule has 0 saturated carbocycles. The summed E-state index contributed by atoms with van der Waals surface area (Å²) in [5.41, 5.74) is 6.68. The molecule has 0 bridgehead atoms. The van der Waals surface area contributed by atoms with Crippen molar-refractivity contribution < 1.29 is 9.21 Å². The highest BCUT2D eigenvalue weighted by Crippen LogP contribution is 2.20. The Morgan fingerprint density at radius 1 is 0.862 bits per heavy atom. The third kappa shape index (κ3) is 4.37. The van der Waals surface area contributed by atoms with Crippen LogP contribution in [-0.4, -0.2) is 15.8 Å². The monoisotopic (exact) mass is 384 g/mol. The highest BCUT2D eigenvalue weighted by atomic mass is 16.3. The molecule has 1 amide bonds. The Bertz CT molecular complexity index is 1160. The van der Waals surface area contributed by atoms with Crippen LogP contribution in [0.15, 0.2) is 71.1 Å². The third-order valence-corrected chi connectivity index (χ3v) is 4.96. The predicted octanol–water partition coefficient (Wildman–Crippen LogP) is 5.60. The van der Waals surface area contributed by atoms with E-state index >= 15 is 0 Å². The first-order valence-corrected chi connectivity index (χ1v) is 9.75. The summed E-state index contributed by atoms with van der Waals surface area (Å²) >= 11 is 0. The van der Waals surface area contributed by atoms with Crippen LogP contribution in [0.1, 0.15) is 38.5 Å². The smallest absolute Gasteiger partial charge is 0.254 e. The average molecular weight is 384 g/mol. The Balaban J connectivity index is 1.66. The van der Waals surface area contributed by atoms with E-state index in [1.807, 2.05) is 56.3 Å². The van der Waals surface area contributed by atoms with Crippen LogP contribution in [0, 0.1) is 20.8 Å². The van der Waals surface area contributed by atoms with E-state index in [1.165, 1.54) is 5.56 Å². The number of nitrogens with zero attached hydrogens (tertiary/aromatic N) is 2. The summed E-state index contributed by atoms with van der Waals surface area (Å²) in [5.74, 6) is 0.506. The maximum atomic E-state index is 13.3.